The number of hydrogen-bond acceptors (Lipinski definition) is 7. The number of aliphatic hydroxyl groups is 1. The van der Waals surface area contributed by atoms with Crippen LogP contribution in [-0.4, -0.2) is 48.9 Å². The van der Waals surface area contributed by atoms with Gasteiger partial charge in [0.1, 0.15) is 11.6 Å². The molecule has 5 rings (SSSR count). The number of nitrogens with zero attached hydrogens (tertiary/aromatic N) is 5. The molecule has 1 aliphatic rings. The van der Waals surface area contributed by atoms with Gasteiger partial charge in [-0.3, -0.25) is 14.9 Å². The molecule has 0 bridgehead atoms. The van der Waals surface area contributed by atoms with Crippen molar-refractivity contribution in [2.24, 2.45) is 5.41 Å². The number of hydrogen-bond donors (Lipinski definition) is 2. The summed E-state index contributed by atoms with van der Waals surface area (Å²) in [6.45, 7) is 10.1. The van der Waals surface area contributed by atoms with Crippen LogP contribution in [0.1, 0.15) is 62.7 Å². The lowest BCUT2D eigenvalue weighted by Gasteiger charge is -2.26. The Kier molecular flexibility index (Phi) is 8.42. The van der Waals surface area contributed by atoms with Crippen LogP contribution >= 0.6 is 11.3 Å². The number of anilines is 1. The molecule has 2 N–H and O–H groups in total. The molecule has 0 unspecified atom stereocenters. The van der Waals surface area contributed by atoms with Crippen LogP contribution < -0.4 is 5.32 Å². The molecule has 4 heterocycles. The second-order valence-corrected chi connectivity index (χ2v) is 13.7. The number of carbonyl (C=O) groups excluding carboxylic acids is 2. The number of nitrogens with one attached hydrogen (secondary N) is 1. The number of imidazole rings is 1. The number of pyridine rings is 1. The Labute approximate surface area is 259 Å². The maximum atomic E-state index is 13.7. The van der Waals surface area contributed by atoms with Crippen LogP contribution in [0.3, 0.4) is 0 Å². The zero-order valence-electron chi connectivity index (χ0n) is 25.4. The Bertz CT molecular complexity index is 1800. The standard InChI is InChI=1S/C33H35FN6O3S/c1-32(2,3)17-21(18-35)30(42)39-14-6-7-23(39)19-40-25-9-8-22(33(4,5)43)16-24(25)37-31(40)38-29(41)27-11-10-26(44-27)20-12-13-36-28(34)15-20/h8-13,15-17,23,43H,6-7,14,19H2,1-5H3,(H,37,38,41)/t23-/m1/s1. The number of amides is 2. The highest BCUT2D eigenvalue weighted by molar-refractivity contribution is 7.17. The van der Waals surface area contributed by atoms with Crippen LogP contribution in [0.5, 0.6) is 0 Å². The third-order valence-corrected chi connectivity index (χ3v) is 8.61. The molecule has 1 fully saturated rings. The van der Waals surface area contributed by atoms with Crippen LogP contribution in [-0.2, 0) is 16.9 Å². The van der Waals surface area contributed by atoms with Gasteiger partial charge in [0.15, 0.2) is 0 Å². The summed E-state index contributed by atoms with van der Waals surface area (Å²) in [5, 5.41) is 23.3. The van der Waals surface area contributed by atoms with Gasteiger partial charge in [0.25, 0.3) is 11.8 Å². The minimum Gasteiger partial charge on any atom is -0.386 e. The van der Waals surface area contributed by atoms with E-state index in [0.29, 0.717) is 40.6 Å². The number of fused-ring (bicyclic) bond motifs is 1. The van der Waals surface area contributed by atoms with Crippen molar-refractivity contribution in [3.8, 4) is 16.5 Å². The van der Waals surface area contributed by atoms with Crippen molar-refractivity contribution in [3.63, 3.8) is 0 Å². The Hall–Kier alpha value is -4.40. The highest BCUT2D eigenvalue weighted by Gasteiger charge is 2.33. The lowest BCUT2D eigenvalue weighted by Crippen LogP contribution is -2.39. The Balaban J connectivity index is 1.48. The van der Waals surface area contributed by atoms with Crippen molar-refractivity contribution in [2.45, 2.75) is 65.6 Å². The zero-order chi connectivity index (χ0) is 31.8. The van der Waals surface area contributed by atoms with E-state index < -0.39 is 11.5 Å². The average molecular weight is 615 g/mol. The van der Waals surface area contributed by atoms with Crippen molar-refractivity contribution >= 4 is 40.1 Å². The quantitative estimate of drug-likeness (QED) is 0.144. The molecule has 2 amide bonds. The van der Waals surface area contributed by atoms with Crippen molar-refractivity contribution in [1.82, 2.24) is 19.4 Å². The minimum absolute atomic E-state index is 0.116. The highest BCUT2D eigenvalue weighted by atomic mass is 32.1. The van der Waals surface area contributed by atoms with Crippen LogP contribution in [0.2, 0.25) is 0 Å². The lowest BCUT2D eigenvalue weighted by atomic mass is 9.93. The van der Waals surface area contributed by atoms with Crippen molar-refractivity contribution < 1.29 is 19.1 Å². The van der Waals surface area contributed by atoms with Crippen molar-refractivity contribution in [1.29, 1.82) is 5.26 Å². The summed E-state index contributed by atoms with van der Waals surface area (Å²) in [4.78, 5) is 38.2. The summed E-state index contributed by atoms with van der Waals surface area (Å²) in [6, 6.07) is 13.8. The van der Waals surface area contributed by atoms with Gasteiger partial charge in [-0.1, -0.05) is 32.9 Å². The molecule has 11 heteroatoms. The maximum absolute atomic E-state index is 13.7. The van der Waals surface area contributed by atoms with Gasteiger partial charge in [0.2, 0.25) is 11.9 Å². The molecule has 4 aromatic rings. The van der Waals surface area contributed by atoms with E-state index in [4.69, 9.17) is 4.98 Å². The van der Waals surface area contributed by atoms with Gasteiger partial charge in [-0.15, -0.1) is 11.3 Å². The van der Waals surface area contributed by atoms with Crippen molar-refractivity contribution in [3.05, 3.63) is 76.7 Å². The molecule has 228 valence electrons. The van der Waals surface area contributed by atoms with Gasteiger partial charge in [-0.25, -0.2) is 9.97 Å². The number of aromatic nitrogens is 3. The predicted molar refractivity (Wildman–Crippen MR) is 168 cm³/mol. The van der Waals surface area contributed by atoms with E-state index in [1.165, 1.54) is 23.6 Å². The molecule has 1 saturated heterocycles. The first-order chi connectivity index (χ1) is 20.7. The number of nitriles is 1. The van der Waals surface area contributed by atoms with E-state index in [1.54, 1.807) is 49.1 Å². The van der Waals surface area contributed by atoms with E-state index in [-0.39, 0.29) is 28.8 Å². The average Bonchev–Trinajstić information content (AvgIpc) is 3.70. The molecule has 1 atom stereocenters. The van der Waals surface area contributed by atoms with E-state index in [2.05, 4.69) is 16.4 Å². The summed E-state index contributed by atoms with van der Waals surface area (Å²) >= 11 is 1.22. The second kappa shape index (κ2) is 11.9. The van der Waals surface area contributed by atoms with Gasteiger partial charge in [0.05, 0.1) is 27.6 Å². The molecule has 1 aliphatic heterocycles. The lowest BCUT2D eigenvalue weighted by molar-refractivity contribution is -0.127. The second-order valence-electron chi connectivity index (χ2n) is 12.6. The fourth-order valence-electron chi connectivity index (χ4n) is 5.36. The number of thiophene rings is 1. The topological polar surface area (TPSA) is 124 Å². The number of rotatable bonds is 7. The Morgan fingerprint density at radius 1 is 1.18 bits per heavy atom. The maximum Gasteiger partial charge on any atom is 0.268 e. The molecule has 0 spiro atoms. The van der Waals surface area contributed by atoms with Gasteiger partial charge in [-0.2, -0.15) is 9.65 Å². The van der Waals surface area contributed by atoms with Crippen LogP contribution in [0.15, 0.2) is 60.3 Å². The number of likely N-dealkylation sites (tertiary alicyclic amines) is 1. The summed E-state index contributed by atoms with van der Waals surface area (Å²) in [7, 11) is 0. The molecule has 9 nitrogen and oxygen atoms in total. The summed E-state index contributed by atoms with van der Waals surface area (Å²) < 4.78 is 15.6. The molecule has 3 aromatic heterocycles. The molecule has 1 aromatic carbocycles. The minimum atomic E-state index is -1.09. The van der Waals surface area contributed by atoms with E-state index in [0.717, 1.165) is 23.2 Å². The first-order valence-electron chi connectivity index (χ1n) is 14.4. The first kappa shape index (κ1) is 31.0. The van der Waals surface area contributed by atoms with Crippen molar-refractivity contribution in [2.75, 3.05) is 11.9 Å². The number of carbonyl (C=O) groups is 2. The summed E-state index contributed by atoms with van der Waals surface area (Å²) in [5.41, 5.74) is 1.30. The number of benzene rings is 1. The van der Waals surface area contributed by atoms with E-state index in [9.17, 15) is 24.3 Å². The van der Waals surface area contributed by atoms with Gasteiger partial charge in [0, 0.05) is 30.2 Å². The molecule has 0 saturated carbocycles. The fourth-order valence-corrected chi connectivity index (χ4v) is 6.26. The Morgan fingerprint density at radius 3 is 2.64 bits per heavy atom. The zero-order valence-corrected chi connectivity index (χ0v) is 26.2. The molecular formula is C33H35FN6O3S. The predicted octanol–water partition coefficient (Wildman–Crippen LogP) is 6.27. The third kappa shape index (κ3) is 6.72. The smallest absolute Gasteiger partial charge is 0.268 e. The van der Waals surface area contributed by atoms with Gasteiger partial charge >= 0.3 is 0 Å². The van der Waals surface area contributed by atoms with Crippen LogP contribution in [0.25, 0.3) is 21.5 Å². The fraction of sp³-hybridized carbons (Fsp3) is 0.364. The molecule has 0 aliphatic carbocycles. The molecule has 0 radical (unpaired) electrons. The monoisotopic (exact) mass is 614 g/mol. The third-order valence-electron chi connectivity index (χ3n) is 7.48. The Morgan fingerprint density at radius 2 is 1.95 bits per heavy atom. The summed E-state index contributed by atoms with van der Waals surface area (Å²) in [5.74, 6) is -0.985. The van der Waals surface area contributed by atoms with Gasteiger partial charge < -0.3 is 14.6 Å². The first-order valence-corrected chi connectivity index (χ1v) is 15.3. The van der Waals surface area contributed by atoms with Gasteiger partial charge in [-0.05, 0) is 73.6 Å². The largest absolute Gasteiger partial charge is 0.386 e. The van der Waals surface area contributed by atoms with E-state index in [1.807, 2.05) is 37.5 Å². The molecular weight excluding hydrogens is 579 g/mol. The number of allylic oxidation sites excluding steroid dienone is 1. The highest BCUT2D eigenvalue weighted by Crippen LogP contribution is 2.32. The van der Waals surface area contributed by atoms with Crippen LogP contribution in [0.4, 0.5) is 10.3 Å². The van der Waals surface area contributed by atoms with E-state index >= 15 is 0 Å². The normalized spacial score (nSPS) is 15.9. The van der Waals surface area contributed by atoms with Crippen LogP contribution in [0, 0.1) is 22.7 Å². The molecule has 44 heavy (non-hydrogen) atoms. The summed E-state index contributed by atoms with van der Waals surface area (Å²) in [6.07, 6.45) is 4.60. The SMILES string of the molecule is CC(C)(C)C=C(C#N)C(=O)N1CCC[C@@H]1Cn1c(NC(=O)c2ccc(-c3ccnc(F)c3)s2)nc2cc(C(C)(C)O)ccc21. The number of halogens is 1.